The lowest BCUT2D eigenvalue weighted by Gasteiger charge is -2.21. The van der Waals surface area contributed by atoms with E-state index < -0.39 is 5.79 Å². The van der Waals surface area contributed by atoms with E-state index in [4.69, 9.17) is 29.9 Å². The van der Waals surface area contributed by atoms with Gasteiger partial charge in [0.25, 0.3) is 0 Å². The highest BCUT2D eigenvalue weighted by Gasteiger charge is 2.44. The highest BCUT2D eigenvalue weighted by molar-refractivity contribution is 6.08. The molecule has 3 N–H and O–H groups in total. The normalized spacial score (nSPS) is 22.2. The number of nitrogens with one attached hydrogen (secondary N) is 1. The van der Waals surface area contributed by atoms with Crippen molar-refractivity contribution in [3.63, 3.8) is 0 Å². The molecule has 1 unspecified atom stereocenters. The Morgan fingerprint density at radius 1 is 1.35 bits per heavy atom. The van der Waals surface area contributed by atoms with E-state index in [1.54, 1.807) is 7.11 Å². The first kappa shape index (κ1) is 22.0. The molecule has 1 aromatic heterocycles. The molecule has 2 fully saturated rings. The number of ether oxygens (including phenoxy) is 3. The van der Waals surface area contributed by atoms with Gasteiger partial charge in [-0.2, -0.15) is 0 Å². The second-order valence-electron chi connectivity index (χ2n) is 9.69. The second kappa shape index (κ2) is 8.37. The first-order valence-corrected chi connectivity index (χ1v) is 11.0. The summed E-state index contributed by atoms with van der Waals surface area (Å²) in [4.78, 5) is 13.3. The topological polar surface area (TPSA) is 94.8 Å². The molecule has 1 saturated heterocycles. The molecule has 1 aromatic carbocycles. The molecule has 168 valence electrons. The number of hydrogen-bond donors (Lipinski definition) is 2. The number of aromatic nitrogens is 2. The largest absolute Gasteiger partial charge is 0.402 e. The van der Waals surface area contributed by atoms with Crippen LogP contribution in [0.2, 0.25) is 0 Å². The fourth-order valence-corrected chi connectivity index (χ4v) is 4.54. The minimum Gasteiger partial charge on any atom is -0.402 e. The minimum absolute atomic E-state index is 0.211. The third-order valence-electron chi connectivity index (χ3n) is 5.87. The number of nitrogens with zero attached hydrogens (tertiary/aromatic N) is 2. The first-order valence-electron chi connectivity index (χ1n) is 11.0. The number of imidazole rings is 1. The van der Waals surface area contributed by atoms with Crippen molar-refractivity contribution in [2.75, 3.05) is 20.3 Å². The fourth-order valence-electron chi connectivity index (χ4n) is 4.54. The van der Waals surface area contributed by atoms with E-state index in [2.05, 4.69) is 44.8 Å². The first-order chi connectivity index (χ1) is 14.7. The van der Waals surface area contributed by atoms with Crippen LogP contribution in [0.4, 0.5) is 0 Å². The average molecular weight is 427 g/mol. The van der Waals surface area contributed by atoms with E-state index in [9.17, 15) is 0 Å². The molecule has 1 atom stereocenters. The number of H-pyrrole nitrogens is 1. The van der Waals surface area contributed by atoms with Crippen LogP contribution in [0, 0.1) is 12.8 Å². The Morgan fingerprint density at radius 2 is 2.10 bits per heavy atom. The lowest BCUT2D eigenvalue weighted by molar-refractivity contribution is -0.151. The number of benzene rings is 1. The molecule has 7 nitrogen and oxygen atoms in total. The van der Waals surface area contributed by atoms with Crippen molar-refractivity contribution in [1.82, 2.24) is 9.97 Å². The van der Waals surface area contributed by atoms with Gasteiger partial charge in [-0.05, 0) is 57.4 Å². The molecular weight excluding hydrogens is 392 g/mol. The molecule has 1 aliphatic carbocycles. The van der Waals surface area contributed by atoms with Crippen molar-refractivity contribution in [1.29, 1.82) is 0 Å². The number of fused-ring (bicyclic) bond motifs is 1. The number of aryl methyl sites for hydroxylation is 1. The van der Waals surface area contributed by atoms with Gasteiger partial charge in [0.2, 0.25) is 0 Å². The summed E-state index contributed by atoms with van der Waals surface area (Å²) in [6.07, 6.45) is 4.60. The van der Waals surface area contributed by atoms with Crippen molar-refractivity contribution in [3.8, 4) is 0 Å². The Bertz CT molecular complexity index is 1010. The summed E-state index contributed by atoms with van der Waals surface area (Å²) in [7, 11) is 1.70. The predicted octanol–water partition coefficient (Wildman–Crippen LogP) is 3.99. The standard InChI is InChI=1S/C24H34N4O3/c1-15-10-16(14-29-5)11-19-21(15)27-22(26-19)20(28-23(2,3)4)12-18(25)17-6-7-24(13-17)30-8-9-31-24/h10-12,17H,6-9,13-14,25H2,1-5H3,(H,26,27). The zero-order chi connectivity index (χ0) is 22.2. The monoisotopic (exact) mass is 426 g/mol. The van der Waals surface area contributed by atoms with E-state index in [1.165, 1.54) is 0 Å². The quantitative estimate of drug-likeness (QED) is 0.705. The van der Waals surface area contributed by atoms with Gasteiger partial charge in [-0.1, -0.05) is 6.07 Å². The smallest absolute Gasteiger partial charge is 0.169 e. The van der Waals surface area contributed by atoms with Gasteiger partial charge in [0.15, 0.2) is 11.6 Å². The molecule has 31 heavy (non-hydrogen) atoms. The van der Waals surface area contributed by atoms with Crippen molar-refractivity contribution in [3.05, 3.63) is 40.9 Å². The van der Waals surface area contributed by atoms with Crippen LogP contribution in [0.3, 0.4) is 0 Å². The van der Waals surface area contributed by atoms with Gasteiger partial charge in [-0.25, -0.2) is 4.98 Å². The lowest BCUT2D eigenvalue weighted by atomic mass is 10.0. The van der Waals surface area contributed by atoms with Gasteiger partial charge >= 0.3 is 0 Å². The van der Waals surface area contributed by atoms with Crippen LogP contribution in [0.5, 0.6) is 0 Å². The van der Waals surface area contributed by atoms with E-state index in [0.29, 0.717) is 19.8 Å². The van der Waals surface area contributed by atoms with Gasteiger partial charge in [0.1, 0.15) is 5.71 Å². The molecule has 7 heteroatoms. The molecule has 0 amide bonds. The number of aromatic amines is 1. The fraction of sp³-hybridized carbons (Fsp3) is 0.583. The van der Waals surface area contributed by atoms with Gasteiger partial charge in [0, 0.05) is 31.6 Å². The van der Waals surface area contributed by atoms with E-state index in [1.807, 2.05) is 6.08 Å². The maximum atomic E-state index is 6.59. The molecule has 2 aromatic rings. The Balaban J connectivity index is 1.68. The molecule has 1 aliphatic heterocycles. The van der Waals surface area contributed by atoms with Gasteiger partial charge < -0.3 is 24.9 Å². The van der Waals surface area contributed by atoms with Gasteiger partial charge in [-0.15, -0.1) is 0 Å². The average Bonchev–Trinajstić information content (AvgIpc) is 3.41. The predicted molar refractivity (Wildman–Crippen MR) is 122 cm³/mol. The lowest BCUT2D eigenvalue weighted by Crippen LogP contribution is -2.27. The number of hydrogen-bond acceptors (Lipinski definition) is 6. The van der Waals surface area contributed by atoms with E-state index >= 15 is 0 Å². The van der Waals surface area contributed by atoms with Crippen molar-refractivity contribution in [2.24, 2.45) is 16.6 Å². The number of rotatable bonds is 5. The van der Waals surface area contributed by atoms with Crippen LogP contribution in [-0.2, 0) is 20.8 Å². The Kier molecular flexibility index (Phi) is 5.94. The molecule has 4 rings (SSSR count). The summed E-state index contributed by atoms with van der Waals surface area (Å²) in [6, 6.07) is 4.19. The van der Waals surface area contributed by atoms with Crippen molar-refractivity contribution >= 4 is 16.7 Å². The Morgan fingerprint density at radius 3 is 2.77 bits per heavy atom. The van der Waals surface area contributed by atoms with E-state index in [0.717, 1.165) is 58.7 Å². The number of aliphatic imine (C=N–C) groups is 1. The van der Waals surface area contributed by atoms with Crippen LogP contribution in [0.25, 0.3) is 11.0 Å². The third-order valence-corrected chi connectivity index (χ3v) is 5.87. The van der Waals surface area contributed by atoms with Crippen molar-refractivity contribution in [2.45, 2.75) is 64.9 Å². The zero-order valence-corrected chi connectivity index (χ0v) is 19.2. The minimum atomic E-state index is -0.446. The second-order valence-corrected chi connectivity index (χ2v) is 9.69. The van der Waals surface area contributed by atoms with Crippen LogP contribution in [0.15, 0.2) is 28.9 Å². The van der Waals surface area contributed by atoms with Crippen LogP contribution < -0.4 is 5.73 Å². The molecule has 1 saturated carbocycles. The number of methoxy groups -OCH3 is 1. The number of allylic oxidation sites excluding steroid dienone is 2. The molecule has 1 spiro atoms. The van der Waals surface area contributed by atoms with Crippen LogP contribution in [0.1, 0.15) is 57.0 Å². The summed E-state index contributed by atoms with van der Waals surface area (Å²) < 4.78 is 17.0. The Hall–Kier alpha value is -2.22. The third kappa shape index (κ3) is 4.84. The summed E-state index contributed by atoms with van der Waals surface area (Å²) >= 11 is 0. The molecule has 0 bridgehead atoms. The van der Waals surface area contributed by atoms with E-state index in [-0.39, 0.29) is 11.5 Å². The highest BCUT2D eigenvalue weighted by atomic mass is 16.7. The molecule has 2 aliphatic rings. The molecule has 0 radical (unpaired) electrons. The highest BCUT2D eigenvalue weighted by Crippen LogP contribution is 2.42. The molecular formula is C24H34N4O3. The zero-order valence-electron chi connectivity index (χ0n) is 19.2. The number of nitrogens with two attached hydrogens (primary N) is 1. The van der Waals surface area contributed by atoms with Crippen LogP contribution in [-0.4, -0.2) is 47.3 Å². The maximum Gasteiger partial charge on any atom is 0.169 e. The molecule has 2 heterocycles. The van der Waals surface area contributed by atoms with Gasteiger partial charge in [-0.3, -0.25) is 4.99 Å². The van der Waals surface area contributed by atoms with Crippen LogP contribution >= 0.6 is 0 Å². The summed E-state index contributed by atoms with van der Waals surface area (Å²) in [6.45, 7) is 10.2. The summed E-state index contributed by atoms with van der Waals surface area (Å²) in [5.41, 5.74) is 12.0. The maximum absolute atomic E-state index is 6.59. The summed E-state index contributed by atoms with van der Waals surface area (Å²) in [5.74, 6) is 0.493. The summed E-state index contributed by atoms with van der Waals surface area (Å²) in [5, 5.41) is 0. The SMILES string of the molecule is COCc1cc(C)c2nc(C(C=C(N)C3CCC4(C3)OCCO4)=NC(C)(C)C)[nH]c2c1. The van der Waals surface area contributed by atoms with Gasteiger partial charge in [0.05, 0.1) is 36.4 Å². The van der Waals surface area contributed by atoms with Crippen molar-refractivity contribution < 1.29 is 14.2 Å². The Labute approximate surface area is 184 Å².